The van der Waals surface area contributed by atoms with Crippen molar-refractivity contribution in [2.24, 2.45) is 5.92 Å². The van der Waals surface area contributed by atoms with Gasteiger partial charge in [0.2, 0.25) is 0 Å². The van der Waals surface area contributed by atoms with Gasteiger partial charge in [-0.3, -0.25) is 0 Å². The number of nitrogens with zero attached hydrogens (tertiary/aromatic N) is 2. The van der Waals surface area contributed by atoms with Crippen LogP contribution in [-0.2, 0) is 12.0 Å². The Morgan fingerprint density at radius 1 is 0.958 bits per heavy atom. The molecule has 0 atom stereocenters. The standard InChI is InChI=1S/C22H28N2/c1-16(2)14-15-24-20-9-7-6-8-19(20)23-21(24)17-10-12-18(13-11-17)22(3,4)5/h6-13,16H,14-15H2,1-5H3. The summed E-state index contributed by atoms with van der Waals surface area (Å²) in [5, 5.41) is 0. The second-order valence-electron chi connectivity index (χ2n) is 8.09. The lowest BCUT2D eigenvalue weighted by atomic mass is 9.87. The Balaban J connectivity index is 2.06. The topological polar surface area (TPSA) is 17.8 Å². The fourth-order valence-electron chi connectivity index (χ4n) is 3.03. The molecule has 126 valence electrons. The van der Waals surface area contributed by atoms with Gasteiger partial charge in [-0.25, -0.2) is 4.98 Å². The van der Waals surface area contributed by atoms with Gasteiger partial charge in [0.1, 0.15) is 5.82 Å². The molecule has 2 aromatic carbocycles. The number of para-hydroxylation sites is 2. The quantitative estimate of drug-likeness (QED) is 0.572. The Labute approximate surface area is 145 Å². The molecule has 0 unspecified atom stereocenters. The van der Waals surface area contributed by atoms with E-state index in [-0.39, 0.29) is 5.41 Å². The summed E-state index contributed by atoms with van der Waals surface area (Å²) >= 11 is 0. The molecule has 2 nitrogen and oxygen atoms in total. The van der Waals surface area contributed by atoms with Gasteiger partial charge in [-0.1, -0.05) is 71.0 Å². The monoisotopic (exact) mass is 320 g/mol. The molecule has 0 fully saturated rings. The van der Waals surface area contributed by atoms with Gasteiger partial charge in [0.25, 0.3) is 0 Å². The number of rotatable bonds is 4. The second kappa shape index (κ2) is 6.43. The number of fused-ring (bicyclic) bond motifs is 1. The molecule has 0 N–H and O–H groups in total. The van der Waals surface area contributed by atoms with Crippen molar-refractivity contribution in [3.63, 3.8) is 0 Å². The fourth-order valence-corrected chi connectivity index (χ4v) is 3.03. The van der Waals surface area contributed by atoms with Crippen LogP contribution in [0.15, 0.2) is 48.5 Å². The number of aryl methyl sites for hydroxylation is 1. The maximum atomic E-state index is 4.92. The Bertz CT molecular complexity index is 817. The number of benzene rings is 2. The summed E-state index contributed by atoms with van der Waals surface area (Å²) in [7, 11) is 0. The van der Waals surface area contributed by atoms with E-state index in [0.717, 1.165) is 24.3 Å². The van der Waals surface area contributed by atoms with Gasteiger partial charge in [0, 0.05) is 12.1 Å². The van der Waals surface area contributed by atoms with Crippen molar-refractivity contribution >= 4 is 11.0 Å². The molecule has 3 rings (SSSR count). The summed E-state index contributed by atoms with van der Waals surface area (Å²) in [5.41, 5.74) is 5.04. The van der Waals surface area contributed by atoms with E-state index in [1.165, 1.54) is 16.6 Å². The maximum Gasteiger partial charge on any atom is 0.141 e. The predicted octanol–water partition coefficient (Wildman–Crippen LogP) is 6.05. The van der Waals surface area contributed by atoms with Crippen LogP contribution >= 0.6 is 0 Å². The molecule has 0 aliphatic heterocycles. The minimum Gasteiger partial charge on any atom is -0.324 e. The molecule has 3 aromatic rings. The number of hydrogen-bond acceptors (Lipinski definition) is 1. The third-order valence-electron chi connectivity index (χ3n) is 4.59. The van der Waals surface area contributed by atoms with Crippen molar-refractivity contribution in [3.05, 3.63) is 54.1 Å². The highest BCUT2D eigenvalue weighted by atomic mass is 15.1. The molecule has 0 bridgehead atoms. The lowest BCUT2D eigenvalue weighted by molar-refractivity contribution is 0.525. The van der Waals surface area contributed by atoms with Crippen LogP contribution in [0.2, 0.25) is 0 Å². The van der Waals surface area contributed by atoms with Gasteiger partial charge < -0.3 is 4.57 Å². The van der Waals surface area contributed by atoms with E-state index in [2.05, 4.69) is 87.7 Å². The predicted molar refractivity (Wildman–Crippen MR) is 103 cm³/mol. The molecule has 0 saturated carbocycles. The summed E-state index contributed by atoms with van der Waals surface area (Å²) in [6, 6.07) is 17.4. The van der Waals surface area contributed by atoms with Crippen LogP contribution in [-0.4, -0.2) is 9.55 Å². The lowest BCUT2D eigenvalue weighted by Crippen LogP contribution is -2.10. The van der Waals surface area contributed by atoms with Crippen molar-refractivity contribution in [2.45, 2.75) is 53.0 Å². The van der Waals surface area contributed by atoms with E-state index in [0.29, 0.717) is 5.92 Å². The van der Waals surface area contributed by atoms with Crippen LogP contribution in [0.1, 0.15) is 46.6 Å². The van der Waals surface area contributed by atoms with Crippen molar-refractivity contribution < 1.29 is 0 Å². The molecule has 0 spiro atoms. The van der Waals surface area contributed by atoms with Crippen LogP contribution in [0.3, 0.4) is 0 Å². The summed E-state index contributed by atoms with van der Waals surface area (Å²) in [6.07, 6.45) is 1.16. The normalized spacial score (nSPS) is 12.2. The van der Waals surface area contributed by atoms with Gasteiger partial charge in [-0.2, -0.15) is 0 Å². The zero-order valence-corrected chi connectivity index (χ0v) is 15.5. The highest BCUT2D eigenvalue weighted by Gasteiger charge is 2.16. The molecule has 0 amide bonds. The van der Waals surface area contributed by atoms with Gasteiger partial charge >= 0.3 is 0 Å². The summed E-state index contributed by atoms with van der Waals surface area (Å²) in [4.78, 5) is 4.92. The zero-order valence-electron chi connectivity index (χ0n) is 15.5. The Morgan fingerprint density at radius 3 is 2.25 bits per heavy atom. The first kappa shape index (κ1) is 16.8. The zero-order chi connectivity index (χ0) is 17.3. The minimum atomic E-state index is 0.177. The first-order chi connectivity index (χ1) is 11.4. The number of imidazole rings is 1. The SMILES string of the molecule is CC(C)CCn1c(-c2ccc(C(C)(C)C)cc2)nc2ccccc21. The summed E-state index contributed by atoms with van der Waals surface area (Å²) < 4.78 is 2.38. The first-order valence-corrected chi connectivity index (χ1v) is 8.92. The van der Waals surface area contributed by atoms with Gasteiger partial charge in [-0.15, -0.1) is 0 Å². The van der Waals surface area contributed by atoms with Gasteiger partial charge in [0.05, 0.1) is 11.0 Å². The third kappa shape index (κ3) is 3.38. The Morgan fingerprint density at radius 2 is 1.62 bits per heavy atom. The van der Waals surface area contributed by atoms with E-state index >= 15 is 0 Å². The van der Waals surface area contributed by atoms with E-state index in [4.69, 9.17) is 4.98 Å². The van der Waals surface area contributed by atoms with Crippen molar-refractivity contribution in [1.82, 2.24) is 9.55 Å². The van der Waals surface area contributed by atoms with Crippen LogP contribution in [0.5, 0.6) is 0 Å². The highest BCUT2D eigenvalue weighted by molar-refractivity contribution is 5.80. The van der Waals surface area contributed by atoms with Crippen LogP contribution in [0.4, 0.5) is 0 Å². The van der Waals surface area contributed by atoms with E-state index in [1.54, 1.807) is 0 Å². The average molecular weight is 320 g/mol. The van der Waals surface area contributed by atoms with Crippen LogP contribution in [0.25, 0.3) is 22.4 Å². The molecule has 0 aliphatic rings. The van der Waals surface area contributed by atoms with E-state index in [9.17, 15) is 0 Å². The maximum absolute atomic E-state index is 4.92. The third-order valence-corrected chi connectivity index (χ3v) is 4.59. The molecule has 0 radical (unpaired) electrons. The smallest absolute Gasteiger partial charge is 0.141 e. The molecule has 2 heteroatoms. The van der Waals surface area contributed by atoms with Crippen LogP contribution < -0.4 is 0 Å². The fraction of sp³-hybridized carbons (Fsp3) is 0.409. The minimum absolute atomic E-state index is 0.177. The molecule has 24 heavy (non-hydrogen) atoms. The van der Waals surface area contributed by atoms with Gasteiger partial charge in [0.15, 0.2) is 0 Å². The van der Waals surface area contributed by atoms with Crippen molar-refractivity contribution in [3.8, 4) is 11.4 Å². The second-order valence-corrected chi connectivity index (χ2v) is 8.09. The molecule has 0 saturated heterocycles. The van der Waals surface area contributed by atoms with Crippen LogP contribution in [0, 0.1) is 5.92 Å². The lowest BCUT2D eigenvalue weighted by Gasteiger charge is -2.19. The van der Waals surface area contributed by atoms with E-state index < -0.39 is 0 Å². The van der Waals surface area contributed by atoms with Gasteiger partial charge in [-0.05, 0) is 35.4 Å². The average Bonchev–Trinajstić information content (AvgIpc) is 2.91. The number of aromatic nitrogens is 2. The van der Waals surface area contributed by atoms with E-state index in [1.807, 2.05) is 0 Å². The molecular formula is C22H28N2. The van der Waals surface area contributed by atoms with Crippen molar-refractivity contribution in [2.75, 3.05) is 0 Å². The number of hydrogen-bond donors (Lipinski definition) is 0. The van der Waals surface area contributed by atoms with Crippen molar-refractivity contribution in [1.29, 1.82) is 0 Å². The first-order valence-electron chi connectivity index (χ1n) is 8.92. The summed E-state index contributed by atoms with van der Waals surface area (Å²) in [6.45, 7) is 12.3. The molecular weight excluding hydrogens is 292 g/mol. The molecule has 1 aromatic heterocycles. The largest absolute Gasteiger partial charge is 0.324 e. The Kier molecular flexibility index (Phi) is 4.49. The molecule has 1 heterocycles. The highest BCUT2D eigenvalue weighted by Crippen LogP contribution is 2.28. The molecule has 0 aliphatic carbocycles. The summed E-state index contributed by atoms with van der Waals surface area (Å²) in [5.74, 6) is 1.76. The Hall–Kier alpha value is -2.09.